The molecular formula is C30H32F3N3O6. The predicted octanol–water partition coefficient (Wildman–Crippen LogP) is 6.23. The summed E-state index contributed by atoms with van der Waals surface area (Å²) in [5.74, 6) is 1.34. The van der Waals surface area contributed by atoms with Crippen molar-refractivity contribution < 1.29 is 42.0 Å². The van der Waals surface area contributed by atoms with Gasteiger partial charge in [0, 0.05) is 18.3 Å². The average molecular weight is 588 g/mol. The van der Waals surface area contributed by atoms with Crippen LogP contribution in [0.15, 0.2) is 48.9 Å². The van der Waals surface area contributed by atoms with Crippen molar-refractivity contribution in [3.05, 3.63) is 54.5 Å². The third-order valence-corrected chi connectivity index (χ3v) is 7.44. The fourth-order valence-electron chi connectivity index (χ4n) is 5.19. The van der Waals surface area contributed by atoms with Gasteiger partial charge in [-0.05, 0) is 74.1 Å². The van der Waals surface area contributed by atoms with E-state index < -0.39 is 18.8 Å². The fourth-order valence-corrected chi connectivity index (χ4v) is 5.19. The number of benzene rings is 1. The molecule has 5 rings (SSSR count). The summed E-state index contributed by atoms with van der Waals surface area (Å²) in [6.07, 6.45) is 4.55. The lowest BCUT2D eigenvalue weighted by atomic mass is 9.91. The molecule has 0 bridgehead atoms. The number of methoxy groups -OCH3 is 1. The van der Waals surface area contributed by atoms with E-state index in [9.17, 15) is 23.1 Å². The van der Waals surface area contributed by atoms with E-state index in [1.165, 1.54) is 12.4 Å². The Bertz CT molecular complexity index is 1360. The second-order valence-electron chi connectivity index (χ2n) is 10.6. The van der Waals surface area contributed by atoms with Crippen molar-refractivity contribution in [2.75, 3.05) is 13.7 Å². The second kappa shape index (κ2) is 12.8. The number of hydrogen-bond donors (Lipinski definition) is 1. The summed E-state index contributed by atoms with van der Waals surface area (Å²) < 4.78 is 60.0. The highest BCUT2D eigenvalue weighted by atomic mass is 19.4. The number of nitrogens with zero attached hydrogens (tertiary/aromatic N) is 3. The van der Waals surface area contributed by atoms with Gasteiger partial charge in [0.1, 0.15) is 17.6 Å². The van der Waals surface area contributed by atoms with Crippen LogP contribution in [-0.4, -0.2) is 58.1 Å². The minimum atomic E-state index is -4.46. The van der Waals surface area contributed by atoms with Gasteiger partial charge in [0.25, 0.3) is 0 Å². The maximum absolute atomic E-state index is 12.5. The highest BCUT2D eigenvalue weighted by molar-refractivity contribution is 5.68. The Balaban J connectivity index is 1.20. The fraction of sp³-hybridized carbons (Fsp3) is 0.467. The molecule has 3 aromatic rings. The third-order valence-electron chi connectivity index (χ3n) is 7.44. The Hall–Kier alpha value is -4.09. The largest absolute Gasteiger partial charge is 0.497 e. The lowest BCUT2D eigenvalue weighted by Gasteiger charge is -2.30. The van der Waals surface area contributed by atoms with E-state index in [1.807, 2.05) is 12.1 Å². The van der Waals surface area contributed by atoms with Crippen molar-refractivity contribution in [3.8, 4) is 34.5 Å². The molecule has 0 amide bonds. The van der Waals surface area contributed by atoms with Crippen LogP contribution < -0.4 is 18.9 Å². The maximum Gasteiger partial charge on any atom is 0.422 e. The van der Waals surface area contributed by atoms with E-state index in [4.69, 9.17) is 18.9 Å². The molecule has 2 fully saturated rings. The number of pyridine rings is 1. The molecule has 12 heteroatoms. The van der Waals surface area contributed by atoms with Gasteiger partial charge in [-0.1, -0.05) is 0 Å². The van der Waals surface area contributed by atoms with Crippen LogP contribution >= 0.6 is 0 Å². The summed E-state index contributed by atoms with van der Waals surface area (Å²) in [6, 6.07) is 8.96. The van der Waals surface area contributed by atoms with E-state index in [-0.39, 0.29) is 36.1 Å². The smallest absolute Gasteiger partial charge is 0.422 e. The van der Waals surface area contributed by atoms with Crippen molar-refractivity contribution in [2.45, 2.75) is 69.2 Å². The Morgan fingerprint density at radius 3 is 2.26 bits per heavy atom. The molecule has 2 heterocycles. The molecule has 0 saturated heterocycles. The lowest BCUT2D eigenvalue weighted by molar-refractivity contribution is -0.153. The van der Waals surface area contributed by atoms with Gasteiger partial charge in [-0.25, -0.2) is 15.0 Å². The molecule has 0 aliphatic heterocycles. The van der Waals surface area contributed by atoms with Gasteiger partial charge in [0.05, 0.1) is 37.6 Å². The molecule has 42 heavy (non-hydrogen) atoms. The number of alkyl halides is 3. The van der Waals surface area contributed by atoms with Crippen LogP contribution in [-0.2, 0) is 4.79 Å². The van der Waals surface area contributed by atoms with Crippen molar-refractivity contribution in [2.24, 2.45) is 5.92 Å². The highest BCUT2D eigenvalue weighted by Gasteiger charge is 2.34. The number of carboxylic acid groups (broad SMARTS) is 1. The monoisotopic (exact) mass is 587 g/mol. The van der Waals surface area contributed by atoms with Crippen LogP contribution in [0.5, 0.6) is 23.1 Å². The first-order valence-corrected chi connectivity index (χ1v) is 13.9. The molecular weight excluding hydrogens is 555 g/mol. The van der Waals surface area contributed by atoms with E-state index in [0.717, 1.165) is 44.1 Å². The molecule has 0 spiro atoms. The van der Waals surface area contributed by atoms with Gasteiger partial charge in [-0.2, -0.15) is 13.2 Å². The number of rotatable bonds is 12. The zero-order valence-corrected chi connectivity index (χ0v) is 23.0. The van der Waals surface area contributed by atoms with Crippen molar-refractivity contribution >= 4 is 5.97 Å². The summed E-state index contributed by atoms with van der Waals surface area (Å²) in [7, 11) is 1.54. The van der Waals surface area contributed by atoms with Gasteiger partial charge in [0.2, 0.25) is 5.88 Å². The standard InChI is InChI=1S/C30H32F3N3O6/c1-39-22-8-9-24(29-35-15-23(16-36-29)40-17-30(31,32)33)26(13-22)41-20-4-6-21(7-5-20)42-27-12-19(10-11-34-27)25(14-28(37)38)18-2-3-18/h8-13,15-16,18,20-21,25H,2-7,14,17H2,1H3,(H,37,38). The normalized spacial score (nSPS) is 19.5. The van der Waals surface area contributed by atoms with Crippen LogP contribution in [0.2, 0.25) is 0 Å². The van der Waals surface area contributed by atoms with E-state index in [2.05, 4.69) is 15.0 Å². The maximum atomic E-state index is 12.5. The summed E-state index contributed by atoms with van der Waals surface area (Å²) >= 11 is 0. The molecule has 1 unspecified atom stereocenters. The van der Waals surface area contributed by atoms with Crippen LogP contribution in [0, 0.1) is 5.92 Å². The van der Waals surface area contributed by atoms with Gasteiger partial charge >= 0.3 is 12.1 Å². The van der Waals surface area contributed by atoms with E-state index in [0.29, 0.717) is 28.9 Å². The zero-order valence-electron chi connectivity index (χ0n) is 23.0. The molecule has 2 aromatic heterocycles. The first-order chi connectivity index (χ1) is 20.2. The van der Waals surface area contributed by atoms with Crippen LogP contribution in [0.1, 0.15) is 56.4 Å². The Labute approximate surface area is 241 Å². The Kier molecular flexibility index (Phi) is 8.98. The Morgan fingerprint density at radius 1 is 0.952 bits per heavy atom. The average Bonchev–Trinajstić information content (AvgIpc) is 3.81. The summed E-state index contributed by atoms with van der Waals surface area (Å²) in [5.41, 5.74) is 1.53. The van der Waals surface area contributed by atoms with Gasteiger partial charge < -0.3 is 24.1 Å². The number of carbonyl (C=O) groups is 1. The van der Waals surface area contributed by atoms with E-state index in [1.54, 1.807) is 31.5 Å². The van der Waals surface area contributed by atoms with Crippen LogP contribution in [0.3, 0.4) is 0 Å². The van der Waals surface area contributed by atoms with Crippen molar-refractivity contribution in [1.29, 1.82) is 0 Å². The van der Waals surface area contributed by atoms with E-state index >= 15 is 0 Å². The predicted molar refractivity (Wildman–Crippen MR) is 145 cm³/mol. The topological polar surface area (TPSA) is 113 Å². The molecule has 2 saturated carbocycles. The molecule has 9 nitrogen and oxygen atoms in total. The lowest BCUT2D eigenvalue weighted by Crippen LogP contribution is -2.30. The van der Waals surface area contributed by atoms with Gasteiger partial charge in [-0.3, -0.25) is 4.79 Å². The van der Waals surface area contributed by atoms with Crippen LogP contribution in [0.4, 0.5) is 13.2 Å². The molecule has 0 radical (unpaired) electrons. The molecule has 224 valence electrons. The molecule has 2 aliphatic rings. The van der Waals surface area contributed by atoms with Crippen LogP contribution in [0.25, 0.3) is 11.4 Å². The number of halogens is 3. The first-order valence-electron chi connectivity index (χ1n) is 13.9. The summed E-state index contributed by atoms with van der Waals surface area (Å²) in [4.78, 5) is 24.1. The highest BCUT2D eigenvalue weighted by Crippen LogP contribution is 2.45. The SMILES string of the molecule is COc1ccc(-c2ncc(OCC(F)(F)F)cn2)c(OC2CCC(Oc3cc(C(CC(=O)O)C4CC4)ccn3)CC2)c1. The minimum absolute atomic E-state index is 0.0263. The third kappa shape index (κ3) is 8.01. The quantitative estimate of drug-likeness (QED) is 0.264. The molecule has 1 aromatic carbocycles. The second-order valence-corrected chi connectivity index (χ2v) is 10.6. The van der Waals surface area contributed by atoms with Crippen molar-refractivity contribution in [1.82, 2.24) is 15.0 Å². The number of aromatic nitrogens is 3. The number of aliphatic carboxylic acids is 1. The molecule has 2 aliphatic carbocycles. The van der Waals surface area contributed by atoms with Gasteiger partial charge in [-0.15, -0.1) is 0 Å². The molecule has 1 atom stereocenters. The van der Waals surface area contributed by atoms with Crippen molar-refractivity contribution in [3.63, 3.8) is 0 Å². The molecule has 1 N–H and O–H groups in total. The Morgan fingerprint density at radius 2 is 1.64 bits per heavy atom. The first kappa shape index (κ1) is 29.4. The summed E-state index contributed by atoms with van der Waals surface area (Å²) in [5, 5.41) is 9.34. The minimum Gasteiger partial charge on any atom is -0.497 e. The zero-order chi connectivity index (χ0) is 29.7. The number of carboxylic acids is 1. The number of hydrogen-bond acceptors (Lipinski definition) is 8. The summed E-state index contributed by atoms with van der Waals surface area (Å²) in [6.45, 7) is -1.42. The number of ether oxygens (including phenoxy) is 4. The van der Waals surface area contributed by atoms with Gasteiger partial charge in [0.15, 0.2) is 18.2 Å².